The highest BCUT2D eigenvalue weighted by Crippen LogP contribution is 2.62. The third kappa shape index (κ3) is 2.26. The lowest BCUT2D eigenvalue weighted by molar-refractivity contribution is -0.463. The third-order valence-corrected chi connectivity index (χ3v) is 2.85. The molecule has 0 radical (unpaired) electrons. The molecule has 1 aliphatic rings. The molecule has 0 aliphatic carbocycles. The van der Waals surface area contributed by atoms with E-state index in [0.717, 1.165) is 0 Å². The zero-order chi connectivity index (χ0) is 17.1. The Bertz CT molecular complexity index is 398. The SMILES string of the molecule is CCC(F)(F)C1(F)OC(C(F)(F)F)(C(F)(F)F)OC1(C)F. The topological polar surface area (TPSA) is 18.5 Å². The predicted octanol–water partition coefficient (Wildman–Crippen LogP) is 4.25. The fourth-order valence-corrected chi connectivity index (χ4v) is 1.67. The van der Waals surface area contributed by atoms with Gasteiger partial charge in [-0.3, -0.25) is 9.47 Å². The van der Waals surface area contributed by atoms with Crippen LogP contribution in [0.5, 0.6) is 0 Å². The van der Waals surface area contributed by atoms with E-state index in [4.69, 9.17) is 0 Å². The van der Waals surface area contributed by atoms with Crippen LogP contribution in [0.3, 0.4) is 0 Å². The average molecular weight is 338 g/mol. The van der Waals surface area contributed by atoms with Crippen LogP contribution in [0.15, 0.2) is 0 Å². The van der Waals surface area contributed by atoms with E-state index in [9.17, 15) is 43.9 Å². The monoisotopic (exact) mass is 338 g/mol. The van der Waals surface area contributed by atoms with E-state index in [1.807, 2.05) is 0 Å². The number of hydrogen-bond donors (Lipinski definition) is 0. The summed E-state index contributed by atoms with van der Waals surface area (Å²) in [5.41, 5.74) is 0. The van der Waals surface area contributed by atoms with Crippen molar-refractivity contribution in [2.75, 3.05) is 0 Å². The molecule has 21 heavy (non-hydrogen) atoms. The molecule has 1 heterocycles. The van der Waals surface area contributed by atoms with Crippen molar-refractivity contribution in [3.8, 4) is 0 Å². The summed E-state index contributed by atoms with van der Waals surface area (Å²) in [6.45, 7) is 0.178. The van der Waals surface area contributed by atoms with Crippen molar-refractivity contribution in [2.24, 2.45) is 0 Å². The van der Waals surface area contributed by atoms with E-state index >= 15 is 0 Å². The third-order valence-electron chi connectivity index (χ3n) is 2.85. The zero-order valence-corrected chi connectivity index (χ0v) is 10.3. The lowest BCUT2D eigenvalue weighted by atomic mass is 10.0. The maximum absolute atomic E-state index is 14.0. The summed E-state index contributed by atoms with van der Waals surface area (Å²) in [4.78, 5) is 0. The van der Waals surface area contributed by atoms with Crippen LogP contribution in [-0.4, -0.2) is 35.8 Å². The van der Waals surface area contributed by atoms with Crippen LogP contribution in [0.2, 0.25) is 0 Å². The first-order valence-electron chi connectivity index (χ1n) is 5.27. The number of hydrogen-bond acceptors (Lipinski definition) is 2. The van der Waals surface area contributed by atoms with Crippen molar-refractivity contribution in [1.29, 1.82) is 0 Å². The van der Waals surface area contributed by atoms with Crippen LogP contribution in [0.4, 0.5) is 43.9 Å². The Balaban J connectivity index is 3.53. The minimum Gasteiger partial charge on any atom is -0.293 e. The number of halogens is 10. The Kier molecular flexibility index (Phi) is 3.80. The van der Waals surface area contributed by atoms with Crippen molar-refractivity contribution in [2.45, 2.75) is 56.0 Å². The van der Waals surface area contributed by atoms with E-state index in [-0.39, 0.29) is 6.92 Å². The normalized spacial score (nSPS) is 34.3. The second-order valence-corrected chi connectivity index (χ2v) is 4.39. The minimum absolute atomic E-state index is 0.338. The van der Waals surface area contributed by atoms with E-state index in [1.165, 1.54) is 0 Å². The standard InChI is InChI=1S/C9H8F10O2/c1-3-5(11,12)6(13)4(2,10)20-7(21-6,8(14,15)16)9(17,18)19/h3H2,1-2H3. The molecule has 1 fully saturated rings. The quantitative estimate of drug-likeness (QED) is 0.701. The lowest BCUT2D eigenvalue weighted by Crippen LogP contribution is -2.60. The summed E-state index contributed by atoms with van der Waals surface area (Å²) in [6, 6.07) is 0. The van der Waals surface area contributed by atoms with Gasteiger partial charge < -0.3 is 0 Å². The molecule has 2 atom stereocenters. The van der Waals surface area contributed by atoms with Gasteiger partial charge in [-0.1, -0.05) is 6.92 Å². The minimum atomic E-state index is -6.55. The highest BCUT2D eigenvalue weighted by atomic mass is 19.4. The number of rotatable bonds is 2. The predicted molar refractivity (Wildman–Crippen MR) is 45.6 cm³/mol. The molecule has 0 aromatic heterocycles. The molecule has 12 heteroatoms. The molecule has 0 bridgehead atoms. The van der Waals surface area contributed by atoms with Crippen LogP contribution >= 0.6 is 0 Å². The van der Waals surface area contributed by atoms with Crippen LogP contribution < -0.4 is 0 Å². The Morgan fingerprint density at radius 1 is 0.810 bits per heavy atom. The maximum atomic E-state index is 14.0. The fraction of sp³-hybridized carbons (Fsp3) is 1.00. The Labute approximate surface area is 111 Å². The molecule has 0 spiro atoms. The highest BCUT2D eigenvalue weighted by molar-refractivity contribution is 5.06. The van der Waals surface area contributed by atoms with Crippen molar-refractivity contribution in [3.63, 3.8) is 0 Å². The van der Waals surface area contributed by atoms with Crippen LogP contribution in [-0.2, 0) is 9.47 Å². The van der Waals surface area contributed by atoms with Crippen molar-refractivity contribution in [3.05, 3.63) is 0 Å². The Hall–Kier alpha value is -0.780. The molecular formula is C9H8F10O2. The highest BCUT2D eigenvalue weighted by Gasteiger charge is 2.89. The summed E-state index contributed by atoms with van der Waals surface area (Å²) in [5.74, 6) is -20.8. The van der Waals surface area contributed by atoms with Gasteiger partial charge in [0.05, 0.1) is 0 Å². The fourth-order valence-electron chi connectivity index (χ4n) is 1.67. The largest absolute Gasteiger partial charge is 0.453 e. The van der Waals surface area contributed by atoms with Gasteiger partial charge in [-0.05, 0) is 0 Å². The summed E-state index contributed by atoms with van der Waals surface area (Å²) in [5, 5.41) is 0. The van der Waals surface area contributed by atoms with Gasteiger partial charge in [0.15, 0.2) is 0 Å². The number of ether oxygens (including phenoxy) is 2. The second-order valence-electron chi connectivity index (χ2n) is 4.39. The molecule has 2 nitrogen and oxygen atoms in total. The van der Waals surface area contributed by atoms with E-state index < -0.39 is 42.2 Å². The molecule has 0 aromatic carbocycles. The molecule has 0 N–H and O–H groups in total. The molecule has 0 saturated carbocycles. The van der Waals surface area contributed by atoms with E-state index in [1.54, 1.807) is 0 Å². The molecule has 1 rings (SSSR count). The smallest absolute Gasteiger partial charge is 0.293 e. The summed E-state index contributed by atoms with van der Waals surface area (Å²) >= 11 is 0. The maximum Gasteiger partial charge on any atom is 0.453 e. The summed E-state index contributed by atoms with van der Waals surface area (Å²) in [6.07, 6.45) is -14.7. The van der Waals surface area contributed by atoms with Gasteiger partial charge in [0.1, 0.15) is 0 Å². The molecule has 2 unspecified atom stereocenters. The molecule has 1 saturated heterocycles. The number of alkyl halides is 10. The van der Waals surface area contributed by atoms with Gasteiger partial charge in [-0.2, -0.15) is 30.7 Å². The first kappa shape index (κ1) is 18.3. The summed E-state index contributed by atoms with van der Waals surface area (Å²) < 4.78 is 135. The Morgan fingerprint density at radius 3 is 1.43 bits per heavy atom. The molecule has 1 aliphatic heterocycles. The van der Waals surface area contributed by atoms with Crippen molar-refractivity contribution in [1.82, 2.24) is 0 Å². The van der Waals surface area contributed by atoms with Crippen molar-refractivity contribution < 1.29 is 53.4 Å². The zero-order valence-electron chi connectivity index (χ0n) is 10.3. The molecule has 126 valence electrons. The second kappa shape index (κ2) is 4.37. The lowest BCUT2D eigenvalue weighted by Gasteiger charge is -2.34. The van der Waals surface area contributed by atoms with Crippen LogP contribution in [0.1, 0.15) is 20.3 Å². The first-order chi connectivity index (χ1) is 8.97. The van der Waals surface area contributed by atoms with E-state index in [0.29, 0.717) is 6.92 Å². The van der Waals surface area contributed by atoms with Crippen molar-refractivity contribution >= 4 is 0 Å². The first-order valence-corrected chi connectivity index (χ1v) is 5.27. The average Bonchev–Trinajstić information content (AvgIpc) is 2.47. The van der Waals surface area contributed by atoms with Gasteiger partial charge in [0, 0.05) is 13.3 Å². The van der Waals surface area contributed by atoms with Crippen LogP contribution in [0.25, 0.3) is 0 Å². The van der Waals surface area contributed by atoms with Gasteiger partial charge in [-0.25, -0.2) is 13.2 Å². The van der Waals surface area contributed by atoms with Crippen LogP contribution in [0, 0.1) is 0 Å². The van der Waals surface area contributed by atoms with Gasteiger partial charge in [0.25, 0.3) is 5.85 Å². The summed E-state index contributed by atoms with van der Waals surface area (Å²) in [7, 11) is 0. The molecular weight excluding hydrogens is 330 g/mol. The van der Waals surface area contributed by atoms with E-state index in [2.05, 4.69) is 9.47 Å². The van der Waals surface area contributed by atoms with Gasteiger partial charge in [-0.15, -0.1) is 0 Å². The van der Waals surface area contributed by atoms with Gasteiger partial charge >= 0.3 is 29.9 Å². The molecule has 0 amide bonds. The molecule has 0 aromatic rings. The Morgan fingerprint density at radius 2 is 1.19 bits per heavy atom. The van der Waals surface area contributed by atoms with Gasteiger partial charge in [0.2, 0.25) is 0 Å².